The zero-order valence-electron chi connectivity index (χ0n) is 13.4. The highest BCUT2D eigenvalue weighted by atomic mass is 32.2. The van der Waals surface area contributed by atoms with Crippen molar-refractivity contribution in [2.45, 2.75) is 0 Å². The van der Waals surface area contributed by atoms with Crippen LogP contribution in [0.15, 0.2) is 71.7 Å². The highest BCUT2D eigenvalue weighted by Crippen LogP contribution is 2.31. The zero-order chi connectivity index (χ0) is 18.5. The van der Waals surface area contributed by atoms with Crippen molar-refractivity contribution in [1.29, 1.82) is 0 Å². The molecule has 3 rings (SSSR count). The lowest BCUT2D eigenvalue weighted by atomic mass is 10.2. The normalized spacial score (nSPS) is 15.8. The van der Waals surface area contributed by atoms with Gasteiger partial charge < -0.3 is 0 Å². The summed E-state index contributed by atoms with van der Waals surface area (Å²) >= 11 is 6.43. The number of thioether (sulfide) groups is 1. The van der Waals surface area contributed by atoms with Gasteiger partial charge in [0, 0.05) is 12.1 Å². The molecule has 6 nitrogen and oxygen atoms in total. The van der Waals surface area contributed by atoms with Crippen molar-refractivity contribution in [1.82, 2.24) is 5.01 Å². The fourth-order valence-corrected chi connectivity index (χ4v) is 3.31. The van der Waals surface area contributed by atoms with E-state index in [1.54, 1.807) is 12.2 Å². The van der Waals surface area contributed by atoms with Gasteiger partial charge in [0.25, 0.3) is 11.6 Å². The van der Waals surface area contributed by atoms with E-state index in [0.717, 1.165) is 5.56 Å². The Kier molecular flexibility index (Phi) is 5.45. The monoisotopic (exact) mass is 383 g/mol. The lowest BCUT2D eigenvalue weighted by Crippen LogP contribution is -2.33. The molecule has 0 radical (unpaired) electrons. The van der Waals surface area contributed by atoms with E-state index in [2.05, 4.69) is 5.43 Å². The van der Waals surface area contributed by atoms with Crippen LogP contribution in [0.1, 0.15) is 5.56 Å². The standard InChI is InChI=1S/C18H13N3O3S2/c22-17-16(8-4-7-13-5-2-1-3-6-13)26-18(25)20(17)19-14-9-11-15(12-10-14)21(23)24/h1-12,19H/b7-4-,16-8+. The van der Waals surface area contributed by atoms with E-state index >= 15 is 0 Å². The number of nitrogens with one attached hydrogen (secondary N) is 1. The van der Waals surface area contributed by atoms with Crippen LogP contribution in [0.4, 0.5) is 11.4 Å². The SMILES string of the molecule is O=C1/C(=C\C=C/c2ccccc2)SC(=S)N1Nc1ccc([N+](=O)[O-])cc1. The molecule has 0 saturated carbocycles. The molecule has 2 aromatic rings. The first-order chi connectivity index (χ1) is 12.5. The Morgan fingerprint density at radius 3 is 2.46 bits per heavy atom. The van der Waals surface area contributed by atoms with E-state index in [9.17, 15) is 14.9 Å². The number of carbonyl (C=O) groups is 1. The van der Waals surface area contributed by atoms with Gasteiger partial charge in [0.1, 0.15) is 0 Å². The Balaban J connectivity index is 1.69. The van der Waals surface area contributed by atoms with Gasteiger partial charge in [-0.25, -0.2) is 5.01 Å². The molecular formula is C18H13N3O3S2. The number of nitro benzene ring substituents is 1. The molecule has 0 unspecified atom stereocenters. The van der Waals surface area contributed by atoms with Gasteiger partial charge in [-0.1, -0.05) is 54.2 Å². The minimum Gasteiger partial charge on any atom is -0.290 e. The van der Waals surface area contributed by atoms with Crippen molar-refractivity contribution in [3.05, 3.63) is 87.3 Å². The second-order valence-corrected chi connectivity index (χ2v) is 6.90. The maximum absolute atomic E-state index is 12.5. The van der Waals surface area contributed by atoms with E-state index in [4.69, 9.17) is 12.2 Å². The van der Waals surface area contributed by atoms with Crippen molar-refractivity contribution < 1.29 is 9.72 Å². The van der Waals surface area contributed by atoms with Crippen LogP contribution in [0.3, 0.4) is 0 Å². The van der Waals surface area contributed by atoms with E-state index in [0.29, 0.717) is 14.9 Å². The number of benzene rings is 2. The highest BCUT2D eigenvalue weighted by Gasteiger charge is 2.32. The van der Waals surface area contributed by atoms with E-state index in [-0.39, 0.29) is 11.6 Å². The second kappa shape index (κ2) is 7.94. The molecule has 1 aliphatic rings. The molecule has 1 aliphatic heterocycles. The van der Waals surface area contributed by atoms with Gasteiger partial charge in [0.15, 0.2) is 4.32 Å². The van der Waals surface area contributed by atoms with Gasteiger partial charge in [-0.3, -0.25) is 20.3 Å². The molecule has 1 saturated heterocycles. The minimum atomic E-state index is -0.481. The van der Waals surface area contributed by atoms with Gasteiger partial charge in [-0.15, -0.1) is 0 Å². The smallest absolute Gasteiger partial charge is 0.285 e. The molecule has 2 aromatic carbocycles. The Morgan fingerprint density at radius 2 is 1.81 bits per heavy atom. The van der Waals surface area contributed by atoms with Crippen LogP contribution < -0.4 is 5.43 Å². The Labute approximate surface area is 159 Å². The van der Waals surface area contributed by atoms with Crippen molar-refractivity contribution in [3.63, 3.8) is 0 Å². The van der Waals surface area contributed by atoms with Crippen molar-refractivity contribution in [2.24, 2.45) is 0 Å². The summed E-state index contributed by atoms with van der Waals surface area (Å²) in [6, 6.07) is 15.5. The topological polar surface area (TPSA) is 75.5 Å². The molecule has 0 atom stereocenters. The molecule has 0 aromatic heterocycles. The highest BCUT2D eigenvalue weighted by molar-refractivity contribution is 8.26. The predicted molar refractivity (Wildman–Crippen MR) is 107 cm³/mol. The average Bonchev–Trinajstić information content (AvgIpc) is 2.91. The quantitative estimate of drug-likeness (QED) is 0.357. The molecule has 1 fully saturated rings. The summed E-state index contributed by atoms with van der Waals surface area (Å²) in [7, 11) is 0. The van der Waals surface area contributed by atoms with Crippen molar-refractivity contribution >= 4 is 51.7 Å². The van der Waals surface area contributed by atoms with E-state index in [1.165, 1.54) is 41.0 Å². The number of carbonyl (C=O) groups excluding carboxylic acids is 1. The summed E-state index contributed by atoms with van der Waals surface area (Å²) in [5.74, 6) is -0.268. The van der Waals surface area contributed by atoms with Gasteiger partial charge in [-0.2, -0.15) is 0 Å². The first-order valence-corrected chi connectivity index (χ1v) is 8.78. The number of nitrogens with zero attached hydrogens (tertiary/aromatic N) is 2. The van der Waals surface area contributed by atoms with Crippen LogP contribution in [0.2, 0.25) is 0 Å². The maximum atomic E-state index is 12.5. The van der Waals surface area contributed by atoms with Gasteiger partial charge in [0.2, 0.25) is 0 Å². The zero-order valence-corrected chi connectivity index (χ0v) is 15.0. The number of hydrazine groups is 1. The summed E-state index contributed by atoms with van der Waals surface area (Å²) < 4.78 is 0.368. The fourth-order valence-electron chi connectivity index (χ4n) is 2.18. The van der Waals surface area contributed by atoms with Crippen molar-refractivity contribution in [3.8, 4) is 0 Å². The van der Waals surface area contributed by atoms with Crippen LogP contribution in [-0.2, 0) is 4.79 Å². The first-order valence-electron chi connectivity index (χ1n) is 7.55. The molecule has 0 spiro atoms. The average molecular weight is 383 g/mol. The summed E-state index contributed by atoms with van der Waals surface area (Å²) in [6.07, 6.45) is 5.41. The lowest BCUT2D eigenvalue weighted by molar-refractivity contribution is -0.384. The van der Waals surface area contributed by atoms with Crippen LogP contribution in [0.25, 0.3) is 6.08 Å². The predicted octanol–water partition coefficient (Wildman–Crippen LogP) is 4.38. The number of anilines is 1. The summed E-state index contributed by atoms with van der Waals surface area (Å²) in [6.45, 7) is 0. The Bertz CT molecular complexity index is 909. The number of allylic oxidation sites excluding steroid dienone is 2. The summed E-state index contributed by atoms with van der Waals surface area (Å²) in [5, 5.41) is 11.9. The lowest BCUT2D eigenvalue weighted by Gasteiger charge is -2.16. The third-order valence-corrected chi connectivity index (χ3v) is 4.77. The van der Waals surface area contributed by atoms with Gasteiger partial charge in [-0.05, 0) is 36.0 Å². The first kappa shape index (κ1) is 17.8. The Morgan fingerprint density at radius 1 is 1.12 bits per heavy atom. The largest absolute Gasteiger partial charge is 0.290 e. The van der Waals surface area contributed by atoms with Crippen LogP contribution in [0.5, 0.6) is 0 Å². The Hall–Kier alpha value is -2.97. The van der Waals surface area contributed by atoms with Crippen LogP contribution in [0, 0.1) is 10.1 Å². The van der Waals surface area contributed by atoms with Gasteiger partial charge >= 0.3 is 0 Å². The molecule has 1 N–H and O–H groups in total. The van der Waals surface area contributed by atoms with Gasteiger partial charge in [0.05, 0.1) is 15.5 Å². The van der Waals surface area contributed by atoms with Crippen LogP contribution >= 0.6 is 24.0 Å². The maximum Gasteiger partial charge on any atom is 0.285 e. The van der Waals surface area contributed by atoms with Crippen molar-refractivity contribution in [2.75, 3.05) is 5.43 Å². The fraction of sp³-hybridized carbons (Fsp3) is 0. The number of hydrogen-bond donors (Lipinski definition) is 1. The molecule has 8 heteroatoms. The van der Waals surface area contributed by atoms with Crippen LogP contribution in [-0.4, -0.2) is 20.2 Å². The molecule has 0 aliphatic carbocycles. The number of non-ortho nitro benzene ring substituents is 1. The number of rotatable bonds is 5. The molecule has 130 valence electrons. The molecule has 1 amide bonds. The third kappa shape index (κ3) is 4.16. The summed E-state index contributed by atoms with van der Waals surface area (Å²) in [5.41, 5.74) is 4.42. The number of hydrogen-bond acceptors (Lipinski definition) is 6. The van der Waals surface area contributed by atoms with E-state index < -0.39 is 4.92 Å². The second-order valence-electron chi connectivity index (χ2n) is 5.23. The summed E-state index contributed by atoms with van der Waals surface area (Å²) in [4.78, 5) is 23.2. The van der Waals surface area contributed by atoms with E-state index in [1.807, 2.05) is 36.4 Å². The molecule has 26 heavy (non-hydrogen) atoms. The number of amides is 1. The minimum absolute atomic E-state index is 0.0214. The third-order valence-electron chi connectivity index (χ3n) is 3.45. The molecular weight excluding hydrogens is 370 g/mol. The molecule has 0 bridgehead atoms. The number of thiocarbonyl (C=S) groups is 1. The number of nitro groups is 1. The molecule has 1 heterocycles.